The minimum Gasteiger partial charge on any atom is -1.00 e. The molecule has 0 amide bonds. The Kier molecular flexibility index (Phi) is 3.96. The number of fused-ring (bicyclic) bond motifs is 1. The molecule has 3 rings (SSSR count). The van der Waals surface area contributed by atoms with Crippen molar-refractivity contribution in [3.05, 3.63) is 23.5 Å². The van der Waals surface area contributed by atoms with Crippen LogP contribution in [-0.2, 0) is 11.3 Å². The molecule has 6 heteroatoms. The summed E-state index contributed by atoms with van der Waals surface area (Å²) in [6, 6.07) is 0. The Morgan fingerprint density at radius 2 is 2.19 bits per heavy atom. The van der Waals surface area contributed by atoms with Crippen molar-refractivity contribution in [3.8, 4) is 0 Å². The van der Waals surface area contributed by atoms with Crippen LogP contribution in [-0.4, -0.2) is 40.6 Å². The van der Waals surface area contributed by atoms with E-state index in [4.69, 9.17) is 4.74 Å². The van der Waals surface area contributed by atoms with Crippen LogP contribution in [0.5, 0.6) is 0 Å². The van der Waals surface area contributed by atoms with E-state index in [9.17, 15) is 0 Å². The Morgan fingerprint density at radius 1 is 1.38 bits per heavy atom. The van der Waals surface area contributed by atoms with Crippen molar-refractivity contribution in [1.82, 2.24) is 14.3 Å². The maximum Gasteiger partial charge on any atom is 0.193 e. The van der Waals surface area contributed by atoms with Crippen LogP contribution in [0.1, 0.15) is 5.69 Å². The number of imidazole rings is 1. The van der Waals surface area contributed by atoms with Gasteiger partial charge in [0.25, 0.3) is 0 Å². The number of halogens is 1. The summed E-state index contributed by atoms with van der Waals surface area (Å²) in [5, 5.41) is 2.06. The topological polar surface area (TPSA) is 29.8 Å². The van der Waals surface area contributed by atoms with Crippen molar-refractivity contribution in [3.63, 3.8) is 0 Å². The van der Waals surface area contributed by atoms with Crippen molar-refractivity contribution < 1.29 is 21.7 Å². The van der Waals surface area contributed by atoms with Gasteiger partial charge in [-0.1, -0.05) is 0 Å². The summed E-state index contributed by atoms with van der Waals surface area (Å²) in [4.78, 5) is 8.03. The highest BCUT2D eigenvalue weighted by Gasteiger charge is 2.12. The van der Waals surface area contributed by atoms with E-state index >= 15 is 0 Å². The van der Waals surface area contributed by atoms with Gasteiger partial charge in [-0.2, -0.15) is 0 Å². The standard InChI is InChI=1S/C10H13N3OS.BrH/c1-4-14-5-2-12(1)7-9-8-13-3-6-15-10(13)11-9;/h3,6,8H,1-2,4-5,7H2;1H/p-1. The van der Waals surface area contributed by atoms with Gasteiger partial charge in [-0.3, -0.25) is 9.30 Å². The minimum atomic E-state index is 0. The third kappa shape index (κ3) is 2.45. The van der Waals surface area contributed by atoms with E-state index in [1.54, 1.807) is 11.3 Å². The Labute approximate surface area is 109 Å². The number of hydrogen-bond donors (Lipinski definition) is 0. The number of nitrogens with zero attached hydrogens (tertiary/aromatic N) is 3. The molecule has 0 unspecified atom stereocenters. The molecule has 0 aliphatic carbocycles. The summed E-state index contributed by atoms with van der Waals surface area (Å²) < 4.78 is 7.40. The Hall–Kier alpha value is -0.430. The Balaban J connectivity index is 0.000000963. The zero-order chi connectivity index (χ0) is 10.1. The lowest BCUT2D eigenvalue weighted by Gasteiger charge is -2.25. The van der Waals surface area contributed by atoms with Crippen molar-refractivity contribution in [2.24, 2.45) is 0 Å². The number of morpholine rings is 1. The van der Waals surface area contributed by atoms with Gasteiger partial charge in [-0.15, -0.1) is 11.3 Å². The third-order valence-electron chi connectivity index (χ3n) is 2.63. The number of aromatic nitrogens is 2. The van der Waals surface area contributed by atoms with Crippen LogP contribution in [0, 0.1) is 0 Å². The van der Waals surface area contributed by atoms with Gasteiger partial charge in [-0.05, 0) is 0 Å². The highest BCUT2D eigenvalue weighted by Crippen LogP contribution is 2.13. The van der Waals surface area contributed by atoms with E-state index in [1.165, 1.54) is 0 Å². The lowest BCUT2D eigenvalue weighted by atomic mass is 10.3. The number of ether oxygens (including phenoxy) is 1. The molecule has 2 aromatic rings. The molecular weight excluding hydrogens is 290 g/mol. The predicted molar refractivity (Wildman–Crippen MR) is 59.2 cm³/mol. The fourth-order valence-corrected chi connectivity index (χ4v) is 2.56. The van der Waals surface area contributed by atoms with Crippen molar-refractivity contribution in [1.29, 1.82) is 0 Å². The van der Waals surface area contributed by atoms with Gasteiger partial charge in [0.15, 0.2) is 4.96 Å². The van der Waals surface area contributed by atoms with Crippen LogP contribution in [0.2, 0.25) is 0 Å². The fourth-order valence-electron chi connectivity index (χ4n) is 1.84. The monoisotopic (exact) mass is 302 g/mol. The Bertz CT molecular complexity index is 421. The summed E-state index contributed by atoms with van der Waals surface area (Å²) in [7, 11) is 0. The number of rotatable bonds is 2. The first-order chi connectivity index (χ1) is 7.42. The van der Waals surface area contributed by atoms with Crippen LogP contribution in [0.3, 0.4) is 0 Å². The molecule has 1 aliphatic rings. The quantitative estimate of drug-likeness (QED) is 0.658. The number of thiazole rings is 1. The molecule has 1 aliphatic heterocycles. The molecule has 0 N–H and O–H groups in total. The second kappa shape index (κ2) is 5.27. The van der Waals surface area contributed by atoms with Gasteiger partial charge in [0.05, 0.1) is 18.9 Å². The number of hydrogen-bond acceptors (Lipinski definition) is 4. The first-order valence-electron chi connectivity index (χ1n) is 5.13. The summed E-state index contributed by atoms with van der Waals surface area (Å²) >= 11 is 1.68. The average molecular weight is 303 g/mol. The van der Waals surface area contributed by atoms with E-state index in [-0.39, 0.29) is 17.0 Å². The molecule has 4 nitrogen and oxygen atoms in total. The molecule has 2 aromatic heterocycles. The SMILES string of the molecule is [Br-].c1cn2cc(CN3CCOCC3)nc2s1. The van der Waals surface area contributed by atoms with Crippen LogP contribution in [0.15, 0.2) is 17.8 Å². The second-order valence-corrected chi connectivity index (χ2v) is 4.59. The molecule has 88 valence electrons. The first-order valence-corrected chi connectivity index (χ1v) is 6.01. The van der Waals surface area contributed by atoms with Crippen LogP contribution < -0.4 is 17.0 Å². The van der Waals surface area contributed by atoms with Gasteiger partial charge < -0.3 is 21.7 Å². The molecule has 0 atom stereocenters. The Morgan fingerprint density at radius 3 is 2.94 bits per heavy atom. The molecule has 3 heterocycles. The van der Waals surface area contributed by atoms with Gasteiger partial charge in [0.1, 0.15) is 0 Å². The fraction of sp³-hybridized carbons (Fsp3) is 0.500. The second-order valence-electron chi connectivity index (χ2n) is 3.71. The van der Waals surface area contributed by atoms with E-state index in [0.29, 0.717) is 0 Å². The largest absolute Gasteiger partial charge is 1.00 e. The molecule has 0 radical (unpaired) electrons. The van der Waals surface area contributed by atoms with E-state index in [1.807, 2.05) is 0 Å². The van der Waals surface area contributed by atoms with Crippen molar-refractivity contribution in [2.75, 3.05) is 26.3 Å². The summed E-state index contributed by atoms with van der Waals surface area (Å²) in [5.41, 5.74) is 1.16. The van der Waals surface area contributed by atoms with E-state index < -0.39 is 0 Å². The third-order valence-corrected chi connectivity index (χ3v) is 3.40. The molecule has 0 aromatic carbocycles. The average Bonchev–Trinajstić information content (AvgIpc) is 2.79. The summed E-state index contributed by atoms with van der Waals surface area (Å²) in [6.45, 7) is 4.68. The molecule has 0 saturated carbocycles. The maximum atomic E-state index is 5.32. The smallest absolute Gasteiger partial charge is 0.193 e. The molecule has 16 heavy (non-hydrogen) atoms. The highest BCUT2D eigenvalue weighted by atomic mass is 79.9. The van der Waals surface area contributed by atoms with Gasteiger partial charge >= 0.3 is 0 Å². The lowest BCUT2D eigenvalue weighted by molar-refractivity contribution is -0.00000530. The first kappa shape index (κ1) is 12.0. The zero-order valence-corrected chi connectivity index (χ0v) is 11.2. The predicted octanol–water partition coefficient (Wildman–Crippen LogP) is -1.77. The lowest BCUT2D eigenvalue weighted by Crippen LogP contribution is -3.00. The van der Waals surface area contributed by atoms with Crippen molar-refractivity contribution >= 4 is 16.3 Å². The van der Waals surface area contributed by atoms with Gasteiger partial charge in [0, 0.05) is 37.4 Å². The minimum absolute atomic E-state index is 0. The summed E-state index contributed by atoms with van der Waals surface area (Å²) in [6.07, 6.45) is 4.16. The normalized spacial score (nSPS) is 17.5. The molecule has 1 saturated heterocycles. The van der Waals surface area contributed by atoms with Gasteiger partial charge in [-0.25, -0.2) is 4.98 Å². The van der Waals surface area contributed by atoms with E-state index in [0.717, 1.165) is 43.5 Å². The van der Waals surface area contributed by atoms with Gasteiger partial charge in [0.2, 0.25) is 0 Å². The molecule has 0 bridgehead atoms. The van der Waals surface area contributed by atoms with Crippen molar-refractivity contribution in [2.45, 2.75) is 6.54 Å². The molecular formula is C10H13BrN3OS-. The maximum absolute atomic E-state index is 5.32. The van der Waals surface area contributed by atoms with Crippen LogP contribution in [0.25, 0.3) is 4.96 Å². The van der Waals surface area contributed by atoms with Crippen LogP contribution in [0.4, 0.5) is 0 Å². The highest BCUT2D eigenvalue weighted by molar-refractivity contribution is 7.15. The van der Waals surface area contributed by atoms with E-state index in [2.05, 4.69) is 32.1 Å². The van der Waals surface area contributed by atoms with Crippen LogP contribution >= 0.6 is 11.3 Å². The molecule has 1 fully saturated rings. The molecule has 0 spiro atoms. The summed E-state index contributed by atoms with van der Waals surface area (Å²) in [5.74, 6) is 0. The zero-order valence-electron chi connectivity index (χ0n) is 8.80.